The molecule has 2 atom stereocenters. The van der Waals surface area contributed by atoms with Crippen molar-refractivity contribution in [1.82, 2.24) is 0 Å². The number of hydrogen-bond acceptors (Lipinski definition) is 8. The number of hydrogen-bond donors (Lipinski definition) is 1. The summed E-state index contributed by atoms with van der Waals surface area (Å²) in [6.07, 6.45) is 13.8. The smallest absolute Gasteiger partial charge is 0.348 e. The normalized spacial score (nSPS) is 28.8. The van der Waals surface area contributed by atoms with Crippen molar-refractivity contribution in [2.45, 2.75) is 58.0 Å². The van der Waals surface area contributed by atoms with Crippen molar-refractivity contribution >= 4 is 17.9 Å². The highest BCUT2D eigenvalue weighted by Crippen LogP contribution is 2.42. The highest BCUT2D eigenvalue weighted by Gasteiger charge is 2.48. The molecule has 3 aliphatic rings. The van der Waals surface area contributed by atoms with Gasteiger partial charge in [-0.05, 0) is 25.0 Å². The Kier molecular flexibility index (Phi) is 6.38. The fourth-order valence-electron chi connectivity index (χ4n) is 3.56. The molecule has 0 aromatic carbocycles. The SMILES string of the molecule is CC1CCCCC12OC(=O)C(C=CC=CC=CC=C1C(=O)OC(C)(C)OC1=O)=C(O)O2. The molecule has 1 spiro atoms. The summed E-state index contributed by atoms with van der Waals surface area (Å²) in [5.74, 6) is -4.93. The Balaban J connectivity index is 1.60. The predicted molar refractivity (Wildman–Crippen MR) is 109 cm³/mol. The molecule has 31 heavy (non-hydrogen) atoms. The molecular weight excluding hydrogens is 404 g/mol. The van der Waals surface area contributed by atoms with Crippen LogP contribution in [0.15, 0.2) is 59.6 Å². The van der Waals surface area contributed by atoms with Crippen LogP contribution in [0.1, 0.15) is 46.5 Å². The third-order valence-corrected chi connectivity index (χ3v) is 5.24. The number of carbonyl (C=O) groups is 3. The molecule has 2 fully saturated rings. The van der Waals surface area contributed by atoms with Crippen molar-refractivity contribution in [3.8, 4) is 0 Å². The van der Waals surface area contributed by atoms with Gasteiger partial charge >= 0.3 is 17.9 Å². The Morgan fingerprint density at radius 3 is 2.16 bits per heavy atom. The molecule has 0 amide bonds. The van der Waals surface area contributed by atoms with E-state index in [0.717, 1.165) is 19.3 Å². The lowest BCUT2D eigenvalue weighted by atomic mass is 9.84. The summed E-state index contributed by atoms with van der Waals surface area (Å²) in [5, 5.41) is 10.2. The molecule has 8 heteroatoms. The number of carbonyl (C=O) groups excluding carboxylic acids is 3. The molecule has 0 aromatic heterocycles. The molecule has 1 saturated heterocycles. The number of aliphatic hydroxyl groups excluding tert-OH is 1. The van der Waals surface area contributed by atoms with Gasteiger partial charge in [0.05, 0.1) is 0 Å². The zero-order valence-corrected chi connectivity index (χ0v) is 17.8. The van der Waals surface area contributed by atoms with E-state index in [0.29, 0.717) is 6.42 Å². The van der Waals surface area contributed by atoms with E-state index in [1.54, 1.807) is 18.2 Å². The Hall–Kier alpha value is -3.29. The molecule has 2 aliphatic heterocycles. The summed E-state index contributed by atoms with van der Waals surface area (Å²) in [7, 11) is 0. The van der Waals surface area contributed by atoms with Crippen LogP contribution in [-0.2, 0) is 33.3 Å². The minimum atomic E-state index is -1.28. The van der Waals surface area contributed by atoms with Crippen molar-refractivity contribution in [3.63, 3.8) is 0 Å². The highest BCUT2D eigenvalue weighted by atomic mass is 16.8. The third-order valence-electron chi connectivity index (χ3n) is 5.24. The Labute approximate surface area is 180 Å². The molecule has 0 bridgehead atoms. The standard InChI is InChI=1S/C23H26O8/c1-15-11-9-10-14-23(15)30-20(26)17(21(27)31-23)13-8-6-4-5-7-12-16-18(24)28-22(2,3)29-19(16)25/h4-8,12-13,15,26H,9-11,14H2,1-3H3. The first-order valence-electron chi connectivity index (χ1n) is 10.2. The first-order valence-corrected chi connectivity index (χ1v) is 10.2. The lowest BCUT2D eigenvalue weighted by Gasteiger charge is -2.43. The van der Waals surface area contributed by atoms with Crippen molar-refractivity contribution in [2.75, 3.05) is 0 Å². The van der Waals surface area contributed by atoms with E-state index in [-0.39, 0.29) is 17.1 Å². The summed E-state index contributed by atoms with van der Waals surface area (Å²) < 4.78 is 21.1. The second-order valence-electron chi connectivity index (χ2n) is 8.06. The predicted octanol–water partition coefficient (Wildman–Crippen LogP) is 3.67. The van der Waals surface area contributed by atoms with Crippen LogP contribution in [0.25, 0.3) is 0 Å². The second kappa shape index (κ2) is 8.83. The Morgan fingerprint density at radius 1 is 0.871 bits per heavy atom. The van der Waals surface area contributed by atoms with Crippen molar-refractivity contribution in [2.24, 2.45) is 5.92 Å². The molecule has 1 N–H and O–H groups in total. The van der Waals surface area contributed by atoms with Crippen molar-refractivity contribution < 1.29 is 38.4 Å². The molecule has 1 aliphatic carbocycles. The molecule has 3 rings (SSSR count). The molecule has 1 saturated carbocycles. The van der Waals surface area contributed by atoms with Crippen LogP contribution in [0.2, 0.25) is 0 Å². The summed E-state index contributed by atoms with van der Waals surface area (Å²) >= 11 is 0. The summed E-state index contributed by atoms with van der Waals surface area (Å²) in [4.78, 5) is 36.0. The second-order valence-corrected chi connectivity index (χ2v) is 8.06. The Bertz CT molecular complexity index is 896. The highest BCUT2D eigenvalue weighted by molar-refractivity contribution is 6.15. The minimum Gasteiger partial charge on any atom is -0.480 e. The van der Waals surface area contributed by atoms with E-state index in [9.17, 15) is 19.5 Å². The quantitative estimate of drug-likeness (QED) is 0.312. The van der Waals surface area contributed by atoms with Gasteiger partial charge in [-0.25, -0.2) is 14.4 Å². The first kappa shape index (κ1) is 22.4. The summed E-state index contributed by atoms with van der Waals surface area (Å²) in [6, 6.07) is 0. The molecule has 0 aromatic rings. The van der Waals surface area contributed by atoms with Gasteiger partial charge in [0.25, 0.3) is 17.5 Å². The number of rotatable bonds is 4. The molecular formula is C23H26O8. The molecule has 2 heterocycles. The minimum absolute atomic E-state index is 0.00170. The Morgan fingerprint density at radius 2 is 1.52 bits per heavy atom. The number of cyclic esters (lactones) is 2. The van der Waals surface area contributed by atoms with Crippen LogP contribution in [0.4, 0.5) is 0 Å². The maximum absolute atomic E-state index is 12.4. The summed E-state index contributed by atoms with van der Waals surface area (Å²) in [6.45, 7) is 4.89. The molecule has 0 radical (unpaired) electrons. The average Bonchev–Trinajstić information content (AvgIpc) is 2.66. The number of aliphatic hydroxyl groups is 1. The van der Waals surface area contributed by atoms with Gasteiger partial charge in [0.15, 0.2) is 0 Å². The summed E-state index contributed by atoms with van der Waals surface area (Å²) in [5.41, 5.74) is -0.267. The van der Waals surface area contributed by atoms with Gasteiger partial charge in [0.2, 0.25) is 0 Å². The van der Waals surface area contributed by atoms with E-state index in [4.69, 9.17) is 18.9 Å². The lowest BCUT2D eigenvalue weighted by Crippen LogP contribution is -2.49. The van der Waals surface area contributed by atoms with Crippen LogP contribution in [0.5, 0.6) is 0 Å². The van der Waals surface area contributed by atoms with Gasteiger partial charge < -0.3 is 24.1 Å². The van der Waals surface area contributed by atoms with Gasteiger partial charge in [0, 0.05) is 26.2 Å². The van der Waals surface area contributed by atoms with Crippen LogP contribution in [0.3, 0.4) is 0 Å². The lowest BCUT2D eigenvalue weighted by molar-refractivity contribution is -0.269. The van der Waals surface area contributed by atoms with E-state index in [1.807, 2.05) is 6.92 Å². The maximum atomic E-state index is 12.4. The largest absolute Gasteiger partial charge is 0.480 e. The van der Waals surface area contributed by atoms with E-state index in [1.165, 1.54) is 38.2 Å². The van der Waals surface area contributed by atoms with E-state index in [2.05, 4.69) is 0 Å². The topological polar surface area (TPSA) is 108 Å². The first-order chi connectivity index (χ1) is 14.6. The van der Waals surface area contributed by atoms with Crippen LogP contribution in [0, 0.1) is 5.92 Å². The fourth-order valence-corrected chi connectivity index (χ4v) is 3.56. The molecule has 2 unspecified atom stereocenters. The molecule has 8 nitrogen and oxygen atoms in total. The zero-order valence-electron chi connectivity index (χ0n) is 17.8. The molecule has 166 valence electrons. The van der Waals surface area contributed by atoms with Crippen molar-refractivity contribution in [1.29, 1.82) is 0 Å². The monoisotopic (exact) mass is 430 g/mol. The number of allylic oxidation sites excluding steroid dienone is 6. The van der Waals surface area contributed by atoms with Gasteiger partial charge in [-0.3, -0.25) is 0 Å². The third kappa shape index (κ3) is 5.07. The van der Waals surface area contributed by atoms with Crippen molar-refractivity contribution in [3.05, 3.63) is 59.6 Å². The van der Waals surface area contributed by atoms with Gasteiger partial charge in [0.1, 0.15) is 11.1 Å². The number of ether oxygens (including phenoxy) is 4. The average molecular weight is 430 g/mol. The van der Waals surface area contributed by atoms with Crippen LogP contribution in [-0.4, -0.2) is 34.6 Å². The van der Waals surface area contributed by atoms with Gasteiger partial charge in [-0.2, -0.15) is 0 Å². The fraction of sp³-hybridized carbons (Fsp3) is 0.435. The van der Waals surface area contributed by atoms with Gasteiger partial charge in [-0.1, -0.05) is 43.7 Å². The maximum Gasteiger partial charge on any atom is 0.348 e. The van der Waals surface area contributed by atoms with Crippen LogP contribution >= 0.6 is 0 Å². The van der Waals surface area contributed by atoms with Gasteiger partial charge in [-0.15, -0.1) is 0 Å². The van der Waals surface area contributed by atoms with E-state index >= 15 is 0 Å². The van der Waals surface area contributed by atoms with Crippen LogP contribution < -0.4 is 0 Å². The number of esters is 3. The van der Waals surface area contributed by atoms with E-state index < -0.39 is 35.4 Å². The zero-order chi connectivity index (χ0) is 22.6.